The Morgan fingerprint density at radius 3 is 2.57 bits per heavy atom. The van der Waals surface area contributed by atoms with Gasteiger partial charge in [0.15, 0.2) is 0 Å². The van der Waals surface area contributed by atoms with Crippen LogP contribution in [0, 0.1) is 5.92 Å². The van der Waals surface area contributed by atoms with Gasteiger partial charge in [0.1, 0.15) is 6.04 Å². The molecule has 0 aromatic carbocycles. The average Bonchev–Trinajstić information content (AvgIpc) is 2.83. The molecule has 3 atom stereocenters. The zero-order chi connectivity index (χ0) is 15.6. The number of carboxylic acid groups (broad SMARTS) is 1. The van der Waals surface area contributed by atoms with E-state index in [0.29, 0.717) is 25.4 Å². The molecule has 21 heavy (non-hydrogen) atoms. The topological polar surface area (TPSA) is 60.9 Å². The molecule has 118 valence electrons. The summed E-state index contributed by atoms with van der Waals surface area (Å²) in [6, 6.07) is -0.696. The minimum atomic E-state index is -0.871. The number of likely N-dealkylation sites (N-methyl/N-ethyl adjacent to an activating group) is 1. The van der Waals surface area contributed by atoms with Gasteiger partial charge >= 0.3 is 12.0 Å². The zero-order valence-corrected chi connectivity index (χ0v) is 13.0. The average molecular weight is 294 g/mol. The van der Waals surface area contributed by atoms with Gasteiger partial charge in [0, 0.05) is 19.1 Å². The van der Waals surface area contributed by atoms with Crippen LogP contribution in [0.1, 0.15) is 46.0 Å². The van der Waals surface area contributed by atoms with E-state index >= 15 is 0 Å². The molecule has 3 unspecified atom stereocenters. The molecule has 1 aliphatic heterocycles. The molecule has 0 aromatic rings. The van der Waals surface area contributed by atoms with Gasteiger partial charge in [0.05, 0.1) is 0 Å². The predicted octanol–water partition coefficient (Wildman–Crippen LogP) is 2.72. The van der Waals surface area contributed by atoms with Crippen molar-refractivity contribution in [1.29, 1.82) is 0 Å². The summed E-state index contributed by atoms with van der Waals surface area (Å²) in [4.78, 5) is 27.7. The highest BCUT2D eigenvalue weighted by Crippen LogP contribution is 2.40. The van der Waals surface area contributed by atoms with Crippen molar-refractivity contribution in [3.8, 4) is 0 Å². The van der Waals surface area contributed by atoms with Crippen LogP contribution in [0.4, 0.5) is 4.79 Å². The molecule has 1 saturated carbocycles. The third-order valence-corrected chi connectivity index (χ3v) is 4.71. The summed E-state index contributed by atoms with van der Waals surface area (Å²) in [5.74, 6) is -0.517. The van der Waals surface area contributed by atoms with E-state index in [-0.39, 0.29) is 12.1 Å². The molecule has 2 fully saturated rings. The Labute approximate surface area is 126 Å². The minimum Gasteiger partial charge on any atom is -0.480 e. The summed E-state index contributed by atoms with van der Waals surface area (Å²) in [6.45, 7) is 8.74. The molecule has 0 spiro atoms. The lowest BCUT2D eigenvalue weighted by Gasteiger charge is -2.36. The molecular formula is C16H26N2O3. The van der Waals surface area contributed by atoms with E-state index in [9.17, 15) is 14.7 Å². The summed E-state index contributed by atoms with van der Waals surface area (Å²) in [6.07, 6.45) is 4.83. The summed E-state index contributed by atoms with van der Waals surface area (Å²) < 4.78 is 0. The van der Waals surface area contributed by atoms with Crippen LogP contribution in [0.3, 0.4) is 0 Å². The van der Waals surface area contributed by atoms with Crippen molar-refractivity contribution in [1.82, 2.24) is 9.80 Å². The lowest BCUT2D eigenvalue weighted by Crippen LogP contribution is -2.52. The van der Waals surface area contributed by atoms with Crippen molar-refractivity contribution < 1.29 is 14.7 Å². The van der Waals surface area contributed by atoms with Gasteiger partial charge in [-0.15, -0.1) is 0 Å². The van der Waals surface area contributed by atoms with Gasteiger partial charge < -0.3 is 14.9 Å². The molecule has 2 amide bonds. The fraction of sp³-hybridized carbons (Fsp3) is 0.750. The summed E-state index contributed by atoms with van der Waals surface area (Å²) >= 11 is 0. The molecule has 0 radical (unpaired) electrons. The third kappa shape index (κ3) is 3.22. The number of nitrogens with zero attached hydrogens (tertiary/aromatic N) is 2. The Morgan fingerprint density at radius 1 is 1.33 bits per heavy atom. The maximum atomic E-state index is 12.8. The Morgan fingerprint density at radius 2 is 2.00 bits per heavy atom. The monoisotopic (exact) mass is 294 g/mol. The van der Waals surface area contributed by atoms with E-state index in [2.05, 4.69) is 6.58 Å². The Balaban J connectivity index is 2.21. The third-order valence-electron chi connectivity index (χ3n) is 4.71. The number of rotatable bonds is 4. The number of amides is 2. The highest BCUT2D eigenvalue weighted by Gasteiger charge is 2.48. The number of hydrogen-bond donors (Lipinski definition) is 1. The lowest BCUT2D eigenvalue weighted by molar-refractivity contribution is -0.141. The molecular weight excluding hydrogens is 268 g/mol. The number of likely N-dealkylation sites (tertiary alicyclic amines) is 1. The maximum Gasteiger partial charge on any atom is 0.326 e. The first-order valence-corrected chi connectivity index (χ1v) is 7.90. The first-order chi connectivity index (χ1) is 9.95. The van der Waals surface area contributed by atoms with E-state index in [4.69, 9.17) is 0 Å². The summed E-state index contributed by atoms with van der Waals surface area (Å²) in [5, 5.41) is 9.49. The summed E-state index contributed by atoms with van der Waals surface area (Å²) in [5.41, 5.74) is 0.913. The van der Waals surface area contributed by atoms with E-state index in [1.54, 1.807) is 9.80 Å². The number of aliphatic carboxylic acids is 1. The molecule has 5 nitrogen and oxygen atoms in total. The minimum absolute atomic E-state index is 0.103. The van der Waals surface area contributed by atoms with Crippen molar-refractivity contribution in [3.05, 3.63) is 12.2 Å². The van der Waals surface area contributed by atoms with E-state index in [0.717, 1.165) is 31.3 Å². The molecule has 1 aliphatic carbocycles. The van der Waals surface area contributed by atoms with Crippen molar-refractivity contribution in [3.63, 3.8) is 0 Å². The SMILES string of the molecule is C=C(C)CN(CC)C(=O)N1C(C(=O)O)CC2CCCCC21. The molecule has 0 aromatic heterocycles. The van der Waals surface area contributed by atoms with Gasteiger partial charge in [-0.05, 0) is 39.0 Å². The van der Waals surface area contributed by atoms with Gasteiger partial charge in [0.2, 0.25) is 0 Å². The van der Waals surface area contributed by atoms with Crippen LogP contribution in [0.2, 0.25) is 0 Å². The second-order valence-electron chi connectivity index (χ2n) is 6.36. The van der Waals surface area contributed by atoms with Crippen LogP contribution in [0.25, 0.3) is 0 Å². The zero-order valence-electron chi connectivity index (χ0n) is 13.0. The smallest absolute Gasteiger partial charge is 0.326 e. The predicted molar refractivity (Wildman–Crippen MR) is 81.1 cm³/mol. The molecule has 2 aliphatic rings. The van der Waals surface area contributed by atoms with Gasteiger partial charge in [0.25, 0.3) is 0 Å². The summed E-state index contributed by atoms with van der Waals surface area (Å²) in [7, 11) is 0. The molecule has 1 heterocycles. The fourth-order valence-electron chi connectivity index (χ4n) is 3.76. The molecule has 1 saturated heterocycles. The van der Waals surface area contributed by atoms with Crippen LogP contribution in [-0.4, -0.2) is 52.1 Å². The van der Waals surface area contributed by atoms with Crippen molar-refractivity contribution in [2.24, 2.45) is 5.92 Å². The Kier molecular flexibility index (Phi) is 4.91. The highest BCUT2D eigenvalue weighted by atomic mass is 16.4. The highest BCUT2D eigenvalue weighted by molar-refractivity contribution is 5.84. The lowest BCUT2D eigenvalue weighted by atomic mass is 9.85. The number of carbonyl (C=O) groups is 2. The normalized spacial score (nSPS) is 28.1. The fourth-order valence-corrected chi connectivity index (χ4v) is 3.76. The van der Waals surface area contributed by atoms with Gasteiger partial charge in [-0.25, -0.2) is 9.59 Å². The van der Waals surface area contributed by atoms with Crippen LogP contribution in [0.5, 0.6) is 0 Å². The van der Waals surface area contributed by atoms with Gasteiger partial charge in [-0.3, -0.25) is 0 Å². The Bertz CT molecular complexity index is 435. The standard InChI is InChI=1S/C16H26N2O3/c1-4-17(10-11(2)3)16(21)18-13-8-6-5-7-12(13)9-14(18)15(19)20/h12-14H,2,4-10H2,1,3H3,(H,19,20). The van der Waals surface area contributed by atoms with Crippen molar-refractivity contribution in [2.75, 3.05) is 13.1 Å². The maximum absolute atomic E-state index is 12.8. The number of fused-ring (bicyclic) bond motifs is 1. The first kappa shape index (κ1) is 15.9. The molecule has 5 heteroatoms. The van der Waals surface area contributed by atoms with Crippen LogP contribution >= 0.6 is 0 Å². The number of hydrogen-bond acceptors (Lipinski definition) is 2. The van der Waals surface area contributed by atoms with Crippen molar-refractivity contribution >= 4 is 12.0 Å². The van der Waals surface area contributed by atoms with Crippen LogP contribution < -0.4 is 0 Å². The number of carboxylic acids is 1. The molecule has 1 N–H and O–H groups in total. The van der Waals surface area contributed by atoms with Crippen molar-refractivity contribution in [2.45, 2.75) is 58.0 Å². The van der Waals surface area contributed by atoms with Crippen LogP contribution in [0.15, 0.2) is 12.2 Å². The Hall–Kier alpha value is -1.52. The first-order valence-electron chi connectivity index (χ1n) is 7.90. The van der Waals surface area contributed by atoms with E-state index in [1.165, 1.54) is 0 Å². The van der Waals surface area contributed by atoms with Crippen LogP contribution in [-0.2, 0) is 4.79 Å². The second kappa shape index (κ2) is 6.50. The van der Waals surface area contributed by atoms with Gasteiger partial charge in [-0.1, -0.05) is 25.0 Å². The molecule has 2 rings (SSSR count). The molecule has 0 bridgehead atoms. The number of urea groups is 1. The van der Waals surface area contributed by atoms with Gasteiger partial charge in [-0.2, -0.15) is 0 Å². The van der Waals surface area contributed by atoms with E-state index in [1.807, 2.05) is 13.8 Å². The second-order valence-corrected chi connectivity index (χ2v) is 6.36. The quantitative estimate of drug-likeness (QED) is 0.811. The largest absolute Gasteiger partial charge is 0.480 e. The number of carbonyl (C=O) groups excluding carboxylic acids is 1. The van der Waals surface area contributed by atoms with E-state index < -0.39 is 12.0 Å².